The third-order valence-corrected chi connectivity index (χ3v) is 4.06. The highest BCUT2D eigenvalue weighted by Crippen LogP contribution is 2.37. The molecule has 23 heavy (non-hydrogen) atoms. The molecule has 2 heterocycles. The fourth-order valence-electron chi connectivity index (χ4n) is 2.55. The Morgan fingerprint density at radius 3 is 2.78 bits per heavy atom. The Labute approximate surface area is 141 Å². The molecule has 0 spiro atoms. The number of hydrogen-bond donors (Lipinski definition) is 1. The van der Waals surface area contributed by atoms with Gasteiger partial charge in [0.2, 0.25) is 0 Å². The van der Waals surface area contributed by atoms with E-state index in [4.69, 9.17) is 15.7 Å². The average molecular weight is 372 g/mol. The lowest BCUT2D eigenvalue weighted by molar-refractivity contribution is 0.157. The first-order valence-electron chi connectivity index (χ1n) is 6.95. The van der Waals surface area contributed by atoms with E-state index in [0.717, 1.165) is 0 Å². The van der Waals surface area contributed by atoms with E-state index in [-0.39, 0.29) is 5.56 Å². The van der Waals surface area contributed by atoms with Crippen LogP contribution in [0.1, 0.15) is 25.0 Å². The van der Waals surface area contributed by atoms with Crippen LogP contribution in [0.2, 0.25) is 0 Å². The van der Waals surface area contributed by atoms with Gasteiger partial charge in [0.1, 0.15) is 11.4 Å². The quantitative estimate of drug-likeness (QED) is 0.834. The van der Waals surface area contributed by atoms with Gasteiger partial charge in [-0.3, -0.25) is 9.36 Å². The van der Waals surface area contributed by atoms with Crippen LogP contribution in [0.15, 0.2) is 45.8 Å². The number of fused-ring (bicyclic) bond motifs is 1. The van der Waals surface area contributed by atoms with Gasteiger partial charge in [0.05, 0.1) is 21.8 Å². The predicted molar refractivity (Wildman–Crippen MR) is 92.1 cm³/mol. The van der Waals surface area contributed by atoms with Crippen LogP contribution in [0.25, 0.3) is 5.70 Å². The Kier molecular flexibility index (Phi) is 3.53. The van der Waals surface area contributed by atoms with Gasteiger partial charge in [0.25, 0.3) is 5.56 Å². The Balaban J connectivity index is 2.33. The molecule has 0 bridgehead atoms. The van der Waals surface area contributed by atoms with Crippen molar-refractivity contribution in [2.45, 2.75) is 19.4 Å². The van der Waals surface area contributed by atoms with Crippen molar-refractivity contribution in [2.24, 2.45) is 0 Å². The predicted octanol–water partition coefficient (Wildman–Crippen LogP) is 3.12. The molecule has 3 rings (SSSR count). The van der Waals surface area contributed by atoms with Gasteiger partial charge in [-0.15, -0.1) is 0 Å². The first-order valence-corrected chi connectivity index (χ1v) is 7.74. The summed E-state index contributed by atoms with van der Waals surface area (Å²) in [4.78, 5) is 12.5. The molecule has 1 aromatic carbocycles. The maximum absolute atomic E-state index is 12.5. The second kappa shape index (κ2) is 5.28. The minimum atomic E-state index is -0.590. The smallest absolute Gasteiger partial charge is 0.269 e. The standard InChI is InChI=1S/C17H14BrN3O2/c1-17(2)7-14(21-9-11(20)6-13(18)16(21)22)12-5-10(8-19)3-4-15(12)23-17/h3-7,9H,20H2,1-2H3. The number of nitriles is 1. The van der Waals surface area contributed by atoms with Gasteiger partial charge in [-0.1, -0.05) is 0 Å². The number of aromatic nitrogens is 1. The molecule has 0 fully saturated rings. The largest absolute Gasteiger partial charge is 0.483 e. The van der Waals surface area contributed by atoms with Gasteiger partial charge in [0.15, 0.2) is 0 Å². The van der Waals surface area contributed by atoms with Crippen LogP contribution >= 0.6 is 15.9 Å². The SMILES string of the molecule is CC1(C)C=C(n2cc(N)cc(Br)c2=O)c2cc(C#N)ccc2O1. The monoisotopic (exact) mass is 371 g/mol. The third-order valence-electron chi connectivity index (χ3n) is 3.50. The summed E-state index contributed by atoms with van der Waals surface area (Å²) in [5, 5.41) is 9.14. The normalized spacial score (nSPS) is 15.1. The lowest BCUT2D eigenvalue weighted by Crippen LogP contribution is -2.32. The first kappa shape index (κ1) is 15.4. The maximum Gasteiger partial charge on any atom is 0.269 e. The van der Waals surface area contributed by atoms with Crippen molar-refractivity contribution >= 4 is 27.3 Å². The molecular formula is C17H14BrN3O2. The van der Waals surface area contributed by atoms with E-state index in [1.165, 1.54) is 4.57 Å². The molecule has 2 N–H and O–H groups in total. The summed E-state index contributed by atoms with van der Waals surface area (Å²) in [6.45, 7) is 3.81. The van der Waals surface area contributed by atoms with Crippen LogP contribution in [-0.4, -0.2) is 10.2 Å². The Hall–Kier alpha value is -2.52. The van der Waals surface area contributed by atoms with Crippen LogP contribution in [0.3, 0.4) is 0 Å². The Morgan fingerprint density at radius 2 is 2.09 bits per heavy atom. The summed E-state index contributed by atoms with van der Waals surface area (Å²) < 4.78 is 7.78. The molecule has 6 heteroatoms. The lowest BCUT2D eigenvalue weighted by Gasteiger charge is -2.31. The number of ether oxygens (including phenoxy) is 1. The molecule has 0 unspecified atom stereocenters. The van der Waals surface area contributed by atoms with E-state index >= 15 is 0 Å². The Morgan fingerprint density at radius 1 is 1.35 bits per heavy atom. The van der Waals surface area contributed by atoms with E-state index in [0.29, 0.717) is 32.7 Å². The number of rotatable bonds is 1. The minimum absolute atomic E-state index is 0.225. The number of hydrogen-bond acceptors (Lipinski definition) is 4. The molecule has 5 nitrogen and oxygen atoms in total. The van der Waals surface area contributed by atoms with Crippen LogP contribution in [0.4, 0.5) is 5.69 Å². The molecule has 116 valence electrons. The van der Waals surface area contributed by atoms with Crippen molar-refractivity contribution in [3.8, 4) is 11.8 Å². The topological polar surface area (TPSA) is 81.0 Å². The average Bonchev–Trinajstić information content (AvgIpc) is 2.49. The fraction of sp³-hybridized carbons (Fsp3) is 0.176. The van der Waals surface area contributed by atoms with Gasteiger partial charge in [-0.2, -0.15) is 5.26 Å². The second-order valence-corrected chi connectivity index (χ2v) is 6.71. The Bertz CT molecular complexity index is 936. The van der Waals surface area contributed by atoms with Gasteiger partial charge < -0.3 is 10.5 Å². The molecule has 0 atom stereocenters. The zero-order valence-corrected chi connectivity index (χ0v) is 14.2. The number of anilines is 1. The summed E-state index contributed by atoms with van der Waals surface area (Å²) >= 11 is 3.24. The number of pyridine rings is 1. The van der Waals surface area contributed by atoms with Crippen LogP contribution in [-0.2, 0) is 0 Å². The molecular weight excluding hydrogens is 358 g/mol. The molecule has 2 aromatic rings. The van der Waals surface area contributed by atoms with Crippen molar-refractivity contribution in [1.29, 1.82) is 5.26 Å². The van der Waals surface area contributed by atoms with Crippen LogP contribution in [0, 0.1) is 11.3 Å². The van der Waals surface area contributed by atoms with Crippen molar-refractivity contribution < 1.29 is 4.74 Å². The number of nitrogens with zero attached hydrogens (tertiary/aromatic N) is 2. The van der Waals surface area contributed by atoms with Gasteiger partial charge >= 0.3 is 0 Å². The molecule has 0 aliphatic carbocycles. The molecule has 1 aromatic heterocycles. The minimum Gasteiger partial charge on any atom is -0.483 e. The second-order valence-electron chi connectivity index (χ2n) is 5.85. The highest BCUT2D eigenvalue weighted by atomic mass is 79.9. The highest BCUT2D eigenvalue weighted by Gasteiger charge is 2.28. The van der Waals surface area contributed by atoms with E-state index in [2.05, 4.69) is 22.0 Å². The molecule has 0 saturated carbocycles. The van der Waals surface area contributed by atoms with Crippen LogP contribution < -0.4 is 16.0 Å². The zero-order chi connectivity index (χ0) is 16.8. The first-order chi connectivity index (χ1) is 10.8. The molecule has 0 saturated heterocycles. The van der Waals surface area contributed by atoms with Gasteiger partial charge in [0, 0.05) is 17.4 Å². The molecule has 1 aliphatic rings. The summed E-state index contributed by atoms with van der Waals surface area (Å²) in [6.07, 6.45) is 3.42. The number of halogens is 1. The zero-order valence-electron chi connectivity index (χ0n) is 12.6. The van der Waals surface area contributed by atoms with E-state index in [1.807, 2.05) is 19.9 Å². The van der Waals surface area contributed by atoms with E-state index in [1.54, 1.807) is 30.5 Å². The highest BCUT2D eigenvalue weighted by molar-refractivity contribution is 9.10. The van der Waals surface area contributed by atoms with Gasteiger partial charge in [-0.05, 0) is 60.1 Å². The lowest BCUT2D eigenvalue weighted by atomic mass is 9.97. The summed E-state index contributed by atoms with van der Waals surface area (Å²) in [7, 11) is 0. The van der Waals surface area contributed by atoms with E-state index < -0.39 is 5.60 Å². The van der Waals surface area contributed by atoms with Crippen molar-refractivity contribution in [1.82, 2.24) is 4.57 Å². The maximum atomic E-state index is 12.5. The van der Waals surface area contributed by atoms with E-state index in [9.17, 15) is 4.79 Å². The third kappa shape index (κ3) is 2.76. The molecule has 0 radical (unpaired) electrons. The van der Waals surface area contributed by atoms with Crippen LogP contribution in [0.5, 0.6) is 5.75 Å². The van der Waals surface area contributed by atoms with Gasteiger partial charge in [-0.25, -0.2) is 0 Å². The van der Waals surface area contributed by atoms with Crippen molar-refractivity contribution in [3.63, 3.8) is 0 Å². The van der Waals surface area contributed by atoms with Crippen molar-refractivity contribution in [2.75, 3.05) is 5.73 Å². The fourth-order valence-corrected chi connectivity index (χ4v) is 3.01. The summed E-state index contributed by atoms with van der Waals surface area (Å²) in [5.74, 6) is 0.622. The summed E-state index contributed by atoms with van der Waals surface area (Å²) in [6, 6.07) is 8.81. The summed E-state index contributed by atoms with van der Waals surface area (Å²) in [5.41, 5.74) is 7.34. The van der Waals surface area contributed by atoms with Crippen molar-refractivity contribution in [3.05, 3.63) is 62.5 Å². The number of benzene rings is 1. The molecule has 1 aliphatic heterocycles. The number of nitrogens with two attached hydrogens (primary N) is 1. The number of nitrogen functional groups attached to an aromatic ring is 1. The molecule has 0 amide bonds.